The van der Waals surface area contributed by atoms with E-state index in [1.807, 2.05) is 12.1 Å². The lowest BCUT2D eigenvalue weighted by molar-refractivity contribution is 0.309. The van der Waals surface area contributed by atoms with E-state index in [1.165, 1.54) is 0 Å². The van der Waals surface area contributed by atoms with Crippen LogP contribution in [-0.2, 0) is 6.61 Å². The molecule has 2 aromatic heterocycles. The number of H-pyrrole nitrogens is 1. The summed E-state index contributed by atoms with van der Waals surface area (Å²) in [5, 5.41) is 19.5. The van der Waals surface area contributed by atoms with Gasteiger partial charge in [0.1, 0.15) is 12.4 Å². The minimum Gasteiger partial charge on any atom is -0.486 e. The third kappa shape index (κ3) is 2.64. The van der Waals surface area contributed by atoms with E-state index < -0.39 is 0 Å². The first kappa shape index (κ1) is 13.3. The summed E-state index contributed by atoms with van der Waals surface area (Å²) in [5.41, 5.74) is 7.90. The molecule has 0 bridgehead atoms. The Morgan fingerprint density at radius 2 is 2.19 bits per heavy atom. The van der Waals surface area contributed by atoms with Crippen LogP contribution in [0.1, 0.15) is 11.1 Å². The number of halogens is 1. The molecule has 3 N–H and O–H groups in total. The van der Waals surface area contributed by atoms with Gasteiger partial charge in [-0.1, -0.05) is 22.0 Å². The number of nitrogens with two attached hydrogens (primary N) is 1. The molecule has 0 aliphatic carbocycles. The summed E-state index contributed by atoms with van der Waals surface area (Å²) in [4.78, 5) is 4.03. The van der Waals surface area contributed by atoms with E-state index in [9.17, 15) is 0 Å². The molecule has 2 heterocycles. The summed E-state index contributed by atoms with van der Waals surface area (Å²) in [6.07, 6.45) is 0. The topological polar surface area (TPSA) is 113 Å². The van der Waals surface area contributed by atoms with Crippen molar-refractivity contribution in [1.29, 1.82) is 5.26 Å². The largest absolute Gasteiger partial charge is 0.486 e. The average Bonchev–Trinajstić information content (AvgIpc) is 2.93. The molecule has 0 spiro atoms. The zero-order chi connectivity index (χ0) is 14.8. The lowest BCUT2D eigenvalue weighted by atomic mass is 10.1. The van der Waals surface area contributed by atoms with Crippen molar-refractivity contribution in [2.75, 3.05) is 5.73 Å². The fourth-order valence-corrected chi connectivity index (χ4v) is 2.23. The van der Waals surface area contributed by atoms with Gasteiger partial charge in [0.15, 0.2) is 11.3 Å². The quantitative estimate of drug-likeness (QED) is 0.752. The highest BCUT2D eigenvalue weighted by atomic mass is 79.9. The maximum atomic E-state index is 9.14. The van der Waals surface area contributed by atoms with Gasteiger partial charge < -0.3 is 10.5 Å². The van der Waals surface area contributed by atoms with Crippen LogP contribution in [-0.4, -0.2) is 20.4 Å². The van der Waals surface area contributed by atoms with Crippen molar-refractivity contribution in [1.82, 2.24) is 20.4 Å². The van der Waals surface area contributed by atoms with E-state index in [2.05, 4.69) is 42.4 Å². The number of hydrogen-bond donors (Lipinski definition) is 2. The van der Waals surface area contributed by atoms with E-state index in [0.717, 1.165) is 10.0 Å². The normalized spacial score (nSPS) is 10.5. The van der Waals surface area contributed by atoms with E-state index in [-0.39, 0.29) is 6.61 Å². The van der Waals surface area contributed by atoms with E-state index in [4.69, 9.17) is 15.7 Å². The molecular formula is C13H9BrN6O. The Morgan fingerprint density at radius 3 is 3.00 bits per heavy atom. The van der Waals surface area contributed by atoms with Crippen molar-refractivity contribution in [2.45, 2.75) is 6.61 Å². The highest BCUT2D eigenvalue weighted by Crippen LogP contribution is 2.25. The molecule has 7 nitrogen and oxygen atoms in total. The van der Waals surface area contributed by atoms with Gasteiger partial charge in [-0.05, 0) is 12.1 Å². The maximum Gasteiger partial charge on any atom is 0.207 e. The summed E-state index contributed by atoms with van der Waals surface area (Å²) in [6.45, 7) is 0.224. The van der Waals surface area contributed by atoms with Gasteiger partial charge in [-0.3, -0.25) is 0 Å². The van der Waals surface area contributed by atoms with Gasteiger partial charge in [0.05, 0.1) is 11.6 Å². The van der Waals surface area contributed by atoms with Crippen molar-refractivity contribution < 1.29 is 4.74 Å². The molecule has 1 aromatic carbocycles. The fourth-order valence-electron chi connectivity index (χ4n) is 1.87. The minimum atomic E-state index is 0.224. The molecule has 0 fully saturated rings. The van der Waals surface area contributed by atoms with Crippen molar-refractivity contribution in [3.8, 4) is 11.8 Å². The van der Waals surface area contributed by atoms with Crippen molar-refractivity contribution in [3.05, 3.63) is 39.9 Å². The number of aromatic amines is 1. The van der Waals surface area contributed by atoms with Crippen LogP contribution in [0.4, 0.5) is 5.82 Å². The molecule has 0 atom stereocenters. The number of nitrogens with one attached hydrogen (secondary N) is 1. The first-order valence-electron chi connectivity index (χ1n) is 5.95. The molecule has 0 saturated carbocycles. The number of benzene rings is 1. The Bertz CT molecular complexity index is 853. The molecule has 104 valence electrons. The summed E-state index contributed by atoms with van der Waals surface area (Å²) in [6, 6.07) is 9.14. The van der Waals surface area contributed by atoms with Crippen LogP contribution in [0.3, 0.4) is 0 Å². The van der Waals surface area contributed by atoms with Gasteiger partial charge in [0.2, 0.25) is 5.65 Å². The highest BCUT2D eigenvalue weighted by Gasteiger charge is 2.11. The lowest BCUT2D eigenvalue weighted by Crippen LogP contribution is -2.00. The van der Waals surface area contributed by atoms with Crippen LogP contribution in [0, 0.1) is 11.3 Å². The van der Waals surface area contributed by atoms with Crippen molar-refractivity contribution >= 4 is 32.9 Å². The van der Waals surface area contributed by atoms with Crippen molar-refractivity contribution in [3.63, 3.8) is 0 Å². The lowest BCUT2D eigenvalue weighted by Gasteiger charge is -2.08. The Hall–Kier alpha value is -2.66. The molecule has 8 heteroatoms. The van der Waals surface area contributed by atoms with Crippen LogP contribution in [0.15, 0.2) is 28.7 Å². The summed E-state index contributed by atoms with van der Waals surface area (Å²) in [5.74, 6) is 0.765. The van der Waals surface area contributed by atoms with Crippen LogP contribution in [0.5, 0.6) is 5.75 Å². The number of aromatic nitrogens is 4. The molecular weight excluding hydrogens is 336 g/mol. The number of nitrogen functional groups attached to an aromatic ring is 1. The van der Waals surface area contributed by atoms with Gasteiger partial charge in [-0.2, -0.15) is 15.6 Å². The van der Waals surface area contributed by atoms with E-state index in [0.29, 0.717) is 28.3 Å². The molecule has 0 unspecified atom stereocenters. The van der Waals surface area contributed by atoms with Crippen molar-refractivity contribution in [2.24, 2.45) is 0 Å². The first-order valence-corrected chi connectivity index (χ1v) is 6.75. The zero-order valence-electron chi connectivity index (χ0n) is 10.7. The molecule has 3 aromatic rings. The molecule has 0 saturated heterocycles. The second-order valence-corrected chi connectivity index (χ2v) is 5.16. The predicted octanol–water partition coefficient (Wildman–Crippen LogP) is 2.15. The Balaban J connectivity index is 1.90. The van der Waals surface area contributed by atoms with Gasteiger partial charge in [-0.25, -0.2) is 4.98 Å². The number of nitrogens with zero attached hydrogens (tertiary/aromatic N) is 4. The number of fused-ring (bicyclic) bond motifs is 1. The molecule has 0 aliphatic rings. The number of ether oxygens (including phenoxy) is 1. The second kappa shape index (κ2) is 5.38. The number of hydrogen-bond acceptors (Lipinski definition) is 6. The second-order valence-electron chi connectivity index (χ2n) is 4.24. The molecule has 0 aliphatic heterocycles. The number of pyridine rings is 1. The Labute approximate surface area is 127 Å². The summed E-state index contributed by atoms with van der Waals surface area (Å²) >= 11 is 3.33. The minimum absolute atomic E-state index is 0.224. The zero-order valence-corrected chi connectivity index (χ0v) is 12.3. The van der Waals surface area contributed by atoms with Gasteiger partial charge in [0.25, 0.3) is 0 Å². The highest BCUT2D eigenvalue weighted by molar-refractivity contribution is 9.10. The summed E-state index contributed by atoms with van der Waals surface area (Å²) in [7, 11) is 0. The number of rotatable bonds is 3. The molecule has 0 amide bonds. The SMILES string of the molecule is N#Cc1cc(Br)ccc1COc1cc(N)nc2n[nH]nc12. The Kier molecular flexibility index (Phi) is 3.41. The maximum absolute atomic E-state index is 9.14. The van der Waals surface area contributed by atoms with Crippen LogP contribution < -0.4 is 10.5 Å². The fraction of sp³-hybridized carbons (Fsp3) is 0.0769. The van der Waals surface area contributed by atoms with Gasteiger partial charge in [0, 0.05) is 16.1 Å². The third-order valence-electron chi connectivity index (χ3n) is 2.85. The predicted molar refractivity (Wildman–Crippen MR) is 79.3 cm³/mol. The van der Waals surface area contributed by atoms with Crippen LogP contribution in [0.2, 0.25) is 0 Å². The van der Waals surface area contributed by atoms with E-state index >= 15 is 0 Å². The summed E-state index contributed by atoms with van der Waals surface area (Å²) < 4.78 is 6.56. The molecule has 21 heavy (non-hydrogen) atoms. The standard InChI is InChI=1S/C13H9BrN6O/c14-9-2-1-7(8(3-9)5-15)6-21-10-4-11(16)17-13-12(10)18-20-19-13/h1-4H,6H2,(H3,16,17,18,19,20). The Morgan fingerprint density at radius 1 is 1.33 bits per heavy atom. The molecule has 3 rings (SSSR count). The third-order valence-corrected chi connectivity index (χ3v) is 3.35. The first-order chi connectivity index (χ1) is 10.2. The average molecular weight is 345 g/mol. The van der Waals surface area contributed by atoms with Crippen LogP contribution >= 0.6 is 15.9 Å². The number of nitriles is 1. The van der Waals surface area contributed by atoms with Crippen LogP contribution in [0.25, 0.3) is 11.2 Å². The van der Waals surface area contributed by atoms with Gasteiger partial charge >= 0.3 is 0 Å². The van der Waals surface area contributed by atoms with Gasteiger partial charge in [-0.15, -0.1) is 5.10 Å². The molecule has 0 radical (unpaired) electrons. The monoisotopic (exact) mass is 344 g/mol. The number of anilines is 1. The van der Waals surface area contributed by atoms with E-state index in [1.54, 1.807) is 12.1 Å². The smallest absolute Gasteiger partial charge is 0.207 e.